The lowest BCUT2D eigenvalue weighted by atomic mass is 9.79. The molecule has 0 amide bonds. The second kappa shape index (κ2) is 4.50. The van der Waals surface area contributed by atoms with Gasteiger partial charge in [0.2, 0.25) is 0 Å². The number of hydrogen-bond acceptors (Lipinski definition) is 2. The number of carbonyl (C=O) groups is 1. The SMILES string of the molecule is CCC(C)(CC)C(=O)CCO. The number of rotatable bonds is 5. The standard InChI is InChI=1S/C9H18O2/c1-4-9(3,5-2)8(11)6-7-10/h10H,4-7H2,1-3H3. The molecule has 66 valence electrons. The smallest absolute Gasteiger partial charge is 0.141 e. The van der Waals surface area contributed by atoms with Crippen LogP contribution in [0.4, 0.5) is 0 Å². The topological polar surface area (TPSA) is 37.3 Å². The fourth-order valence-electron chi connectivity index (χ4n) is 1.05. The summed E-state index contributed by atoms with van der Waals surface area (Å²) in [5.41, 5.74) is -0.206. The van der Waals surface area contributed by atoms with Gasteiger partial charge in [-0.1, -0.05) is 20.8 Å². The molecule has 0 rings (SSSR count). The molecule has 0 fully saturated rings. The molecule has 0 saturated carbocycles. The molecule has 0 radical (unpaired) electrons. The van der Waals surface area contributed by atoms with Crippen LogP contribution < -0.4 is 0 Å². The molecule has 0 unspecified atom stereocenters. The number of aliphatic hydroxyl groups is 1. The predicted octanol–water partition coefficient (Wildman–Crippen LogP) is 1.76. The first kappa shape index (κ1) is 10.6. The highest BCUT2D eigenvalue weighted by Gasteiger charge is 2.27. The Bertz CT molecular complexity index is 126. The van der Waals surface area contributed by atoms with Gasteiger partial charge in [-0.15, -0.1) is 0 Å². The number of aliphatic hydroxyl groups excluding tert-OH is 1. The van der Waals surface area contributed by atoms with E-state index in [0.717, 1.165) is 12.8 Å². The Balaban J connectivity index is 4.12. The van der Waals surface area contributed by atoms with Crippen LogP contribution >= 0.6 is 0 Å². The number of ketones is 1. The molecule has 0 aliphatic rings. The van der Waals surface area contributed by atoms with Crippen LogP contribution in [0.1, 0.15) is 40.0 Å². The molecular formula is C9H18O2. The van der Waals surface area contributed by atoms with Crippen molar-refractivity contribution in [3.63, 3.8) is 0 Å². The van der Waals surface area contributed by atoms with E-state index < -0.39 is 0 Å². The Morgan fingerprint density at radius 3 is 2.09 bits per heavy atom. The van der Waals surface area contributed by atoms with Crippen LogP contribution in [0.15, 0.2) is 0 Å². The van der Waals surface area contributed by atoms with Crippen LogP contribution in [0, 0.1) is 5.41 Å². The lowest BCUT2D eigenvalue weighted by Crippen LogP contribution is -2.26. The quantitative estimate of drug-likeness (QED) is 0.662. The van der Waals surface area contributed by atoms with Gasteiger partial charge in [-0.05, 0) is 12.8 Å². The van der Waals surface area contributed by atoms with Gasteiger partial charge in [0.1, 0.15) is 5.78 Å². The van der Waals surface area contributed by atoms with E-state index in [9.17, 15) is 4.79 Å². The first-order valence-corrected chi connectivity index (χ1v) is 4.25. The lowest BCUT2D eigenvalue weighted by molar-refractivity contribution is -0.128. The fraction of sp³-hybridized carbons (Fsp3) is 0.889. The summed E-state index contributed by atoms with van der Waals surface area (Å²) in [5, 5.41) is 8.57. The third-order valence-electron chi connectivity index (χ3n) is 2.57. The highest BCUT2D eigenvalue weighted by molar-refractivity contribution is 5.84. The van der Waals surface area contributed by atoms with E-state index in [0.29, 0.717) is 6.42 Å². The van der Waals surface area contributed by atoms with Crippen molar-refractivity contribution in [3.05, 3.63) is 0 Å². The second-order valence-electron chi connectivity index (χ2n) is 3.16. The van der Waals surface area contributed by atoms with Gasteiger partial charge in [-0.3, -0.25) is 4.79 Å². The highest BCUT2D eigenvalue weighted by atomic mass is 16.3. The van der Waals surface area contributed by atoms with Gasteiger partial charge in [0, 0.05) is 18.4 Å². The zero-order valence-electron chi connectivity index (χ0n) is 7.68. The molecule has 0 atom stereocenters. The molecule has 0 heterocycles. The summed E-state index contributed by atoms with van der Waals surface area (Å²) < 4.78 is 0. The minimum absolute atomic E-state index is 0.0194. The number of Topliss-reactive ketones (excluding diaryl/α,β-unsaturated/α-hetero) is 1. The highest BCUT2D eigenvalue weighted by Crippen LogP contribution is 2.27. The van der Waals surface area contributed by atoms with E-state index in [1.807, 2.05) is 20.8 Å². The number of hydrogen-bond donors (Lipinski definition) is 1. The maximum Gasteiger partial charge on any atom is 0.141 e. The molecule has 0 bridgehead atoms. The Labute approximate surface area is 68.6 Å². The van der Waals surface area contributed by atoms with E-state index in [-0.39, 0.29) is 17.8 Å². The van der Waals surface area contributed by atoms with Crippen LogP contribution in [0.25, 0.3) is 0 Å². The van der Waals surface area contributed by atoms with Crippen molar-refractivity contribution in [1.82, 2.24) is 0 Å². The van der Waals surface area contributed by atoms with Crippen molar-refractivity contribution >= 4 is 5.78 Å². The molecule has 0 aromatic heterocycles. The third kappa shape index (κ3) is 2.62. The van der Waals surface area contributed by atoms with Gasteiger partial charge >= 0.3 is 0 Å². The molecule has 0 aliphatic carbocycles. The molecule has 0 saturated heterocycles. The van der Waals surface area contributed by atoms with E-state index in [4.69, 9.17) is 5.11 Å². The van der Waals surface area contributed by atoms with Crippen molar-refractivity contribution in [2.45, 2.75) is 40.0 Å². The summed E-state index contributed by atoms with van der Waals surface area (Å²) in [7, 11) is 0. The van der Waals surface area contributed by atoms with Gasteiger partial charge in [-0.25, -0.2) is 0 Å². The normalized spacial score (nSPS) is 11.6. The van der Waals surface area contributed by atoms with Crippen LogP contribution in [0.5, 0.6) is 0 Å². The molecule has 0 aliphatic heterocycles. The summed E-state index contributed by atoms with van der Waals surface area (Å²) in [5.74, 6) is 0.185. The molecule has 2 heteroatoms. The average Bonchev–Trinajstić information content (AvgIpc) is 2.03. The Morgan fingerprint density at radius 2 is 1.82 bits per heavy atom. The van der Waals surface area contributed by atoms with E-state index in [1.54, 1.807) is 0 Å². The molecule has 2 nitrogen and oxygen atoms in total. The number of carbonyl (C=O) groups excluding carboxylic acids is 1. The first-order chi connectivity index (χ1) is 5.10. The summed E-state index contributed by atoms with van der Waals surface area (Å²) in [6.07, 6.45) is 2.03. The van der Waals surface area contributed by atoms with Gasteiger partial charge in [-0.2, -0.15) is 0 Å². The van der Waals surface area contributed by atoms with Crippen LogP contribution in [-0.2, 0) is 4.79 Å². The van der Waals surface area contributed by atoms with Crippen LogP contribution in [0.3, 0.4) is 0 Å². The fourth-order valence-corrected chi connectivity index (χ4v) is 1.05. The van der Waals surface area contributed by atoms with Crippen LogP contribution in [-0.4, -0.2) is 17.5 Å². The zero-order chi connectivity index (χ0) is 8.91. The summed E-state index contributed by atoms with van der Waals surface area (Å²) in [6.45, 7) is 5.97. The maximum absolute atomic E-state index is 11.4. The van der Waals surface area contributed by atoms with Gasteiger partial charge in [0.05, 0.1) is 0 Å². The molecule has 0 spiro atoms. The first-order valence-electron chi connectivity index (χ1n) is 4.25. The molecule has 0 aromatic rings. The van der Waals surface area contributed by atoms with Crippen molar-refractivity contribution < 1.29 is 9.90 Å². The van der Waals surface area contributed by atoms with E-state index >= 15 is 0 Å². The van der Waals surface area contributed by atoms with E-state index in [2.05, 4.69) is 0 Å². The Morgan fingerprint density at radius 1 is 1.36 bits per heavy atom. The molecule has 0 aromatic carbocycles. The van der Waals surface area contributed by atoms with Gasteiger partial charge < -0.3 is 5.11 Å². The summed E-state index contributed by atoms with van der Waals surface area (Å²) in [4.78, 5) is 11.4. The third-order valence-corrected chi connectivity index (χ3v) is 2.57. The van der Waals surface area contributed by atoms with Crippen molar-refractivity contribution in [2.75, 3.05) is 6.61 Å². The molecule has 11 heavy (non-hydrogen) atoms. The van der Waals surface area contributed by atoms with Crippen LogP contribution in [0.2, 0.25) is 0 Å². The largest absolute Gasteiger partial charge is 0.396 e. The average molecular weight is 158 g/mol. The second-order valence-corrected chi connectivity index (χ2v) is 3.16. The Kier molecular flexibility index (Phi) is 4.34. The van der Waals surface area contributed by atoms with E-state index in [1.165, 1.54) is 0 Å². The molecular weight excluding hydrogens is 140 g/mol. The maximum atomic E-state index is 11.4. The van der Waals surface area contributed by atoms with Gasteiger partial charge in [0.15, 0.2) is 0 Å². The van der Waals surface area contributed by atoms with Gasteiger partial charge in [0.25, 0.3) is 0 Å². The molecule has 1 N–H and O–H groups in total. The van der Waals surface area contributed by atoms with Crippen molar-refractivity contribution in [1.29, 1.82) is 0 Å². The summed E-state index contributed by atoms with van der Waals surface area (Å²) in [6, 6.07) is 0. The summed E-state index contributed by atoms with van der Waals surface area (Å²) >= 11 is 0. The minimum atomic E-state index is -0.206. The predicted molar refractivity (Wildman–Crippen MR) is 45.4 cm³/mol. The zero-order valence-corrected chi connectivity index (χ0v) is 7.68. The minimum Gasteiger partial charge on any atom is -0.396 e. The Hall–Kier alpha value is -0.370. The van der Waals surface area contributed by atoms with Crippen molar-refractivity contribution in [2.24, 2.45) is 5.41 Å². The van der Waals surface area contributed by atoms with Crippen molar-refractivity contribution in [3.8, 4) is 0 Å². The lowest BCUT2D eigenvalue weighted by Gasteiger charge is -2.24. The monoisotopic (exact) mass is 158 g/mol.